The van der Waals surface area contributed by atoms with Crippen LogP contribution in [0.3, 0.4) is 0 Å². The molecule has 1 aliphatic carbocycles. The van der Waals surface area contributed by atoms with Gasteiger partial charge in [-0.1, -0.05) is 0 Å². The molecule has 4 rings (SSSR count). The summed E-state index contributed by atoms with van der Waals surface area (Å²) < 4.78 is 20.0. The van der Waals surface area contributed by atoms with Crippen molar-refractivity contribution in [3.63, 3.8) is 0 Å². The lowest BCUT2D eigenvalue weighted by molar-refractivity contribution is -0.119. The second kappa shape index (κ2) is 6.99. The Balaban J connectivity index is 1.43. The molecule has 0 radical (unpaired) electrons. The number of carbonyl (C=O) groups is 2. The molecule has 1 aromatic carbocycles. The minimum Gasteiger partial charge on any atom is -0.442 e. The summed E-state index contributed by atoms with van der Waals surface area (Å²) in [6.45, 7) is 3.41. The van der Waals surface area contributed by atoms with Crippen molar-refractivity contribution in [2.24, 2.45) is 11.8 Å². The molecule has 2 N–H and O–H groups in total. The van der Waals surface area contributed by atoms with Crippen LogP contribution in [-0.4, -0.2) is 55.5 Å². The van der Waals surface area contributed by atoms with E-state index in [1.807, 2.05) is 4.90 Å². The molecule has 8 heteroatoms. The van der Waals surface area contributed by atoms with Crippen molar-refractivity contribution in [2.75, 3.05) is 36.0 Å². The molecule has 27 heavy (non-hydrogen) atoms. The molecule has 2 heterocycles. The molecular weight excluding hydrogens is 353 g/mol. The van der Waals surface area contributed by atoms with Crippen molar-refractivity contribution < 1.29 is 23.8 Å². The number of nitrogens with zero attached hydrogens (tertiary/aromatic N) is 2. The molecule has 1 aromatic rings. The zero-order valence-corrected chi connectivity index (χ0v) is 15.2. The Morgan fingerprint density at radius 2 is 2.00 bits per heavy atom. The molecule has 2 saturated heterocycles. The van der Waals surface area contributed by atoms with E-state index in [2.05, 4.69) is 5.32 Å². The van der Waals surface area contributed by atoms with Crippen LogP contribution in [0.15, 0.2) is 18.2 Å². The zero-order valence-electron chi connectivity index (χ0n) is 15.2. The zero-order chi connectivity index (χ0) is 19.1. The van der Waals surface area contributed by atoms with Gasteiger partial charge in [0.1, 0.15) is 11.9 Å². The third-order valence-corrected chi connectivity index (χ3v) is 5.76. The lowest BCUT2D eigenvalue weighted by atomic mass is 10.0. The second-order valence-corrected chi connectivity index (χ2v) is 7.74. The molecule has 2 amide bonds. The number of anilines is 2. The third kappa shape index (κ3) is 3.58. The van der Waals surface area contributed by atoms with Crippen LogP contribution in [0.25, 0.3) is 0 Å². The van der Waals surface area contributed by atoms with Crippen molar-refractivity contribution in [3.8, 4) is 0 Å². The summed E-state index contributed by atoms with van der Waals surface area (Å²) >= 11 is 0. The minimum absolute atomic E-state index is 0.192. The monoisotopic (exact) mass is 377 g/mol. The molecule has 7 nitrogen and oxygen atoms in total. The van der Waals surface area contributed by atoms with Gasteiger partial charge in [-0.05, 0) is 42.9 Å². The van der Waals surface area contributed by atoms with Gasteiger partial charge in [-0.15, -0.1) is 0 Å². The number of halogens is 1. The number of cyclic esters (lactones) is 1. The van der Waals surface area contributed by atoms with E-state index in [1.165, 1.54) is 17.9 Å². The van der Waals surface area contributed by atoms with Gasteiger partial charge in [0.05, 0.1) is 30.6 Å². The number of benzene rings is 1. The van der Waals surface area contributed by atoms with Gasteiger partial charge in [0.25, 0.3) is 0 Å². The van der Waals surface area contributed by atoms with E-state index < -0.39 is 12.2 Å². The fourth-order valence-electron chi connectivity index (χ4n) is 4.48. The first-order valence-electron chi connectivity index (χ1n) is 9.36. The molecule has 2 aliphatic heterocycles. The number of nitrogens with one attached hydrogen (secondary N) is 1. The lowest BCUT2D eigenvalue weighted by Gasteiger charge is -2.22. The van der Waals surface area contributed by atoms with Crippen molar-refractivity contribution in [3.05, 3.63) is 24.0 Å². The SMILES string of the molecule is CC(=O)NC[C@H]1CN(c2ccc(N3C[C@H]4CC(O)C[C@H]4C3)c(F)c2)C(=O)O1. The summed E-state index contributed by atoms with van der Waals surface area (Å²) in [5.74, 6) is 0.276. The quantitative estimate of drug-likeness (QED) is 0.831. The molecule has 3 fully saturated rings. The van der Waals surface area contributed by atoms with Crippen LogP contribution in [0.1, 0.15) is 19.8 Å². The largest absolute Gasteiger partial charge is 0.442 e. The molecule has 3 aliphatic rings. The molecule has 146 valence electrons. The number of aliphatic hydroxyl groups excluding tert-OH is 1. The Kier molecular flexibility index (Phi) is 4.67. The van der Waals surface area contributed by atoms with Crippen molar-refractivity contribution in [1.82, 2.24) is 5.32 Å². The number of amides is 2. The molecule has 0 spiro atoms. The number of hydrogen-bond acceptors (Lipinski definition) is 5. The number of hydrogen-bond donors (Lipinski definition) is 2. The fourth-order valence-corrected chi connectivity index (χ4v) is 4.48. The van der Waals surface area contributed by atoms with Crippen LogP contribution in [0.4, 0.5) is 20.6 Å². The second-order valence-electron chi connectivity index (χ2n) is 7.74. The number of rotatable bonds is 4. The van der Waals surface area contributed by atoms with Crippen LogP contribution in [0.2, 0.25) is 0 Å². The van der Waals surface area contributed by atoms with Gasteiger partial charge in [0.15, 0.2) is 0 Å². The normalized spacial score (nSPS) is 29.8. The number of ether oxygens (including phenoxy) is 1. The van der Waals surface area contributed by atoms with E-state index in [0.717, 1.165) is 25.9 Å². The van der Waals surface area contributed by atoms with Crippen LogP contribution >= 0.6 is 0 Å². The number of fused-ring (bicyclic) bond motifs is 1. The smallest absolute Gasteiger partial charge is 0.414 e. The molecule has 1 saturated carbocycles. The van der Waals surface area contributed by atoms with Gasteiger partial charge < -0.3 is 20.1 Å². The lowest BCUT2D eigenvalue weighted by Crippen LogP contribution is -2.33. The van der Waals surface area contributed by atoms with Crippen LogP contribution in [0.5, 0.6) is 0 Å². The van der Waals surface area contributed by atoms with Gasteiger partial charge in [-0.25, -0.2) is 9.18 Å². The third-order valence-electron chi connectivity index (χ3n) is 5.76. The summed E-state index contributed by atoms with van der Waals surface area (Å²) in [5.41, 5.74) is 0.978. The van der Waals surface area contributed by atoms with E-state index in [-0.39, 0.29) is 30.9 Å². The Morgan fingerprint density at radius 3 is 2.63 bits per heavy atom. The maximum absolute atomic E-state index is 14.8. The Morgan fingerprint density at radius 1 is 1.30 bits per heavy atom. The van der Waals surface area contributed by atoms with Gasteiger partial charge in [-0.3, -0.25) is 9.69 Å². The summed E-state index contributed by atoms with van der Waals surface area (Å²) in [5, 5.41) is 12.4. The van der Waals surface area contributed by atoms with E-state index in [0.29, 0.717) is 23.2 Å². The van der Waals surface area contributed by atoms with E-state index in [4.69, 9.17) is 4.74 Å². The Bertz CT molecular complexity index is 744. The van der Waals surface area contributed by atoms with Gasteiger partial charge >= 0.3 is 6.09 Å². The highest BCUT2D eigenvalue weighted by Crippen LogP contribution is 2.40. The highest BCUT2D eigenvalue weighted by atomic mass is 19.1. The predicted octanol–water partition coefficient (Wildman–Crippen LogP) is 1.49. The van der Waals surface area contributed by atoms with Gasteiger partial charge in [-0.2, -0.15) is 0 Å². The van der Waals surface area contributed by atoms with E-state index in [9.17, 15) is 19.1 Å². The molecule has 0 aromatic heterocycles. The topological polar surface area (TPSA) is 82.1 Å². The molecule has 1 unspecified atom stereocenters. The number of carbonyl (C=O) groups excluding carboxylic acids is 2. The summed E-state index contributed by atoms with van der Waals surface area (Å²) in [6, 6.07) is 4.79. The molecular formula is C19H24FN3O4. The minimum atomic E-state index is -0.540. The average Bonchev–Trinajstić information content (AvgIpc) is 3.25. The van der Waals surface area contributed by atoms with Crippen molar-refractivity contribution in [1.29, 1.82) is 0 Å². The van der Waals surface area contributed by atoms with Crippen LogP contribution in [-0.2, 0) is 9.53 Å². The van der Waals surface area contributed by atoms with E-state index >= 15 is 0 Å². The van der Waals surface area contributed by atoms with Gasteiger partial charge in [0.2, 0.25) is 5.91 Å². The summed E-state index contributed by atoms with van der Waals surface area (Å²) in [4.78, 5) is 26.5. The standard InChI is InChI=1S/C19H24FN3O4/c1-11(24)21-7-16-10-23(19(26)27-16)14-2-3-18(17(20)6-14)22-8-12-4-15(25)5-13(12)9-22/h2-3,6,12-13,15-16,25H,4-5,7-10H2,1H3,(H,21,24)/t12-,13+,15?,16-/m0/s1. The summed E-state index contributed by atoms with van der Waals surface area (Å²) in [7, 11) is 0. The predicted molar refractivity (Wildman–Crippen MR) is 97.1 cm³/mol. The molecule has 0 bridgehead atoms. The Hall–Kier alpha value is -2.35. The van der Waals surface area contributed by atoms with Crippen molar-refractivity contribution in [2.45, 2.75) is 32.0 Å². The molecule has 4 atom stereocenters. The average molecular weight is 377 g/mol. The van der Waals surface area contributed by atoms with Gasteiger partial charge in [0, 0.05) is 20.0 Å². The van der Waals surface area contributed by atoms with Crippen LogP contribution < -0.4 is 15.1 Å². The van der Waals surface area contributed by atoms with Crippen molar-refractivity contribution >= 4 is 23.4 Å². The Labute approximate surface area is 157 Å². The highest BCUT2D eigenvalue weighted by Gasteiger charge is 2.41. The number of aliphatic hydroxyl groups is 1. The fraction of sp³-hybridized carbons (Fsp3) is 0.579. The van der Waals surface area contributed by atoms with Crippen LogP contribution in [0, 0.1) is 17.7 Å². The first-order chi connectivity index (χ1) is 12.9. The maximum Gasteiger partial charge on any atom is 0.414 e. The maximum atomic E-state index is 14.8. The first-order valence-corrected chi connectivity index (χ1v) is 9.36. The first kappa shape index (κ1) is 18.0. The highest BCUT2D eigenvalue weighted by molar-refractivity contribution is 5.90. The summed E-state index contributed by atoms with van der Waals surface area (Å²) in [6.07, 6.45) is 0.364. The van der Waals surface area contributed by atoms with E-state index in [1.54, 1.807) is 12.1 Å².